The highest BCUT2D eigenvalue weighted by atomic mass is 35.5. The SMILES string of the molecule is Cc1cc(/C=C(/C#N)C(=O)Nc2ccc(Cl)c(Cl)c2)c(C)n1-c1ccccn1. The number of nitrogens with zero attached hydrogens (tertiary/aromatic N) is 3. The Hall–Kier alpha value is -3.07. The van der Waals surface area contributed by atoms with Crippen LogP contribution in [0.4, 0.5) is 5.69 Å². The molecule has 0 atom stereocenters. The van der Waals surface area contributed by atoms with E-state index in [1.165, 1.54) is 6.07 Å². The summed E-state index contributed by atoms with van der Waals surface area (Å²) in [5.41, 5.74) is 3.03. The summed E-state index contributed by atoms with van der Waals surface area (Å²) < 4.78 is 1.97. The van der Waals surface area contributed by atoms with E-state index in [-0.39, 0.29) is 5.57 Å². The third-order valence-corrected chi connectivity index (χ3v) is 4.93. The van der Waals surface area contributed by atoms with Crippen LogP contribution in [0.2, 0.25) is 10.0 Å². The lowest BCUT2D eigenvalue weighted by Gasteiger charge is -2.08. The normalized spacial score (nSPS) is 11.2. The highest BCUT2D eigenvalue weighted by Gasteiger charge is 2.14. The minimum absolute atomic E-state index is 0.0210. The van der Waals surface area contributed by atoms with Crippen molar-refractivity contribution in [3.05, 3.63) is 81.2 Å². The van der Waals surface area contributed by atoms with Gasteiger partial charge in [0.25, 0.3) is 5.91 Å². The summed E-state index contributed by atoms with van der Waals surface area (Å²) in [6.45, 7) is 3.86. The number of rotatable bonds is 4. The highest BCUT2D eigenvalue weighted by molar-refractivity contribution is 6.42. The molecule has 0 saturated carbocycles. The standard InChI is InChI=1S/C21H16Cl2N4O/c1-13-9-15(14(2)27(13)20-5-3-4-8-25-20)10-16(12-24)21(28)26-17-6-7-18(22)19(23)11-17/h3-11H,1-2H3,(H,26,28)/b16-10-. The first kappa shape index (κ1) is 19.7. The molecule has 3 rings (SSSR count). The topological polar surface area (TPSA) is 70.7 Å². The Morgan fingerprint density at radius 2 is 1.96 bits per heavy atom. The van der Waals surface area contributed by atoms with E-state index in [4.69, 9.17) is 23.2 Å². The first-order valence-electron chi connectivity index (χ1n) is 8.39. The number of benzene rings is 1. The van der Waals surface area contributed by atoms with Crippen LogP contribution in [0.5, 0.6) is 0 Å². The number of carbonyl (C=O) groups excluding carboxylic acids is 1. The van der Waals surface area contributed by atoms with E-state index < -0.39 is 5.91 Å². The van der Waals surface area contributed by atoms with Gasteiger partial charge in [-0.3, -0.25) is 4.79 Å². The fraction of sp³-hybridized carbons (Fsp3) is 0.0952. The lowest BCUT2D eigenvalue weighted by atomic mass is 10.1. The van der Waals surface area contributed by atoms with Gasteiger partial charge in [-0.2, -0.15) is 5.26 Å². The highest BCUT2D eigenvalue weighted by Crippen LogP contribution is 2.26. The van der Waals surface area contributed by atoms with Gasteiger partial charge < -0.3 is 9.88 Å². The Morgan fingerprint density at radius 3 is 2.61 bits per heavy atom. The average Bonchev–Trinajstić information content (AvgIpc) is 2.96. The number of hydrogen-bond acceptors (Lipinski definition) is 3. The van der Waals surface area contributed by atoms with Crippen molar-refractivity contribution in [2.24, 2.45) is 0 Å². The van der Waals surface area contributed by atoms with Crippen molar-refractivity contribution < 1.29 is 4.79 Å². The number of anilines is 1. The molecule has 1 amide bonds. The maximum Gasteiger partial charge on any atom is 0.266 e. The molecule has 0 radical (unpaired) electrons. The van der Waals surface area contributed by atoms with Crippen LogP contribution in [-0.2, 0) is 4.79 Å². The number of pyridine rings is 1. The number of hydrogen-bond donors (Lipinski definition) is 1. The average molecular weight is 411 g/mol. The lowest BCUT2D eigenvalue weighted by Crippen LogP contribution is -2.13. The van der Waals surface area contributed by atoms with E-state index in [2.05, 4.69) is 10.3 Å². The van der Waals surface area contributed by atoms with Crippen molar-refractivity contribution in [1.29, 1.82) is 5.26 Å². The molecule has 0 fully saturated rings. The summed E-state index contributed by atoms with van der Waals surface area (Å²) in [6.07, 6.45) is 3.28. The van der Waals surface area contributed by atoms with E-state index >= 15 is 0 Å². The second kappa shape index (κ2) is 8.30. The van der Waals surface area contributed by atoms with Crippen LogP contribution in [0.1, 0.15) is 17.0 Å². The minimum Gasteiger partial charge on any atom is -0.321 e. The molecule has 0 aliphatic heterocycles. The van der Waals surface area contributed by atoms with Gasteiger partial charge >= 0.3 is 0 Å². The Labute approximate surface area is 172 Å². The third kappa shape index (κ3) is 4.09. The summed E-state index contributed by atoms with van der Waals surface area (Å²) in [6, 6.07) is 14.2. The second-order valence-corrected chi connectivity index (χ2v) is 6.92. The first-order valence-corrected chi connectivity index (χ1v) is 9.15. The minimum atomic E-state index is -0.525. The number of carbonyl (C=O) groups is 1. The van der Waals surface area contributed by atoms with Gasteiger partial charge in [0.05, 0.1) is 10.0 Å². The molecule has 2 heterocycles. The van der Waals surface area contributed by atoms with Crippen LogP contribution in [0.25, 0.3) is 11.9 Å². The first-order chi connectivity index (χ1) is 13.4. The summed E-state index contributed by atoms with van der Waals surface area (Å²) in [7, 11) is 0. The van der Waals surface area contributed by atoms with Gasteiger partial charge in [0.1, 0.15) is 17.5 Å². The Balaban J connectivity index is 1.91. The summed E-state index contributed by atoms with van der Waals surface area (Å²) >= 11 is 11.9. The van der Waals surface area contributed by atoms with Crippen LogP contribution in [0.15, 0.2) is 54.2 Å². The maximum absolute atomic E-state index is 12.5. The number of amides is 1. The molecule has 1 N–H and O–H groups in total. The van der Waals surface area contributed by atoms with Gasteiger partial charge in [-0.05, 0) is 61.9 Å². The van der Waals surface area contributed by atoms with E-state index in [0.29, 0.717) is 15.7 Å². The molecule has 28 heavy (non-hydrogen) atoms. The number of aromatic nitrogens is 2. The van der Waals surface area contributed by atoms with E-state index in [0.717, 1.165) is 22.8 Å². The lowest BCUT2D eigenvalue weighted by molar-refractivity contribution is -0.112. The van der Waals surface area contributed by atoms with Crippen LogP contribution in [0.3, 0.4) is 0 Å². The molecule has 0 unspecified atom stereocenters. The smallest absolute Gasteiger partial charge is 0.266 e. The van der Waals surface area contributed by atoms with E-state index in [9.17, 15) is 10.1 Å². The summed E-state index contributed by atoms with van der Waals surface area (Å²) in [4.78, 5) is 16.9. The summed E-state index contributed by atoms with van der Waals surface area (Å²) in [5, 5.41) is 12.8. The van der Waals surface area contributed by atoms with Gasteiger partial charge in [0, 0.05) is 23.3 Å². The molecular weight excluding hydrogens is 395 g/mol. The molecule has 2 aromatic heterocycles. The fourth-order valence-corrected chi connectivity index (χ4v) is 3.15. The van der Waals surface area contributed by atoms with Gasteiger partial charge in [-0.1, -0.05) is 29.3 Å². The molecular formula is C21H16Cl2N4O. The zero-order valence-electron chi connectivity index (χ0n) is 15.2. The molecule has 0 spiro atoms. The molecule has 3 aromatic rings. The second-order valence-electron chi connectivity index (χ2n) is 6.10. The number of nitriles is 1. The van der Waals surface area contributed by atoms with Crippen LogP contribution in [-0.4, -0.2) is 15.5 Å². The Bertz CT molecular complexity index is 1110. The molecule has 0 aliphatic rings. The number of aryl methyl sites for hydroxylation is 1. The third-order valence-electron chi connectivity index (χ3n) is 4.19. The van der Waals surface area contributed by atoms with Gasteiger partial charge in [0.2, 0.25) is 0 Å². The molecule has 5 nitrogen and oxygen atoms in total. The van der Waals surface area contributed by atoms with Gasteiger partial charge in [0.15, 0.2) is 0 Å². The molecule has 0 bridgehead atoms. The maximum atomic E-state index is 12.5. The predicted octanol–water partition coefficient (Wildman–Crippen LogP) is 5.34. The fourth-order valence-electron chi connectivity index (χ4n) is 2.85. The van der Waals surface area contributed by atoms with Crippen molar-refractivity contribution >= 4 is 40.9 Å². The zero-order valence-corrected chi connectivity index (χ0v) is 16.7. The van der Waals surface area contributed by atoms with Crippen molar-refractivity contribution in [3.8, 4) is 11.9 Å². The molecule has 0 saturated heterocycles. The van der Waals surface area contributed by atoms with E-state index in [1.807, 2.05) is 48.7 Å². The van der Waals surface area contributed by atoms with Crippen molar-refractivity contribution in [3.63, 3.8) is 0 Å². The van der Waals surface area contributed by atoms with Crippen LogP contribution in [0, 0.1) is 25.2 Å². The quantitative estimate of drug-likeness (QED) is 0.465. The van der Waals surface area contributed by atoms with Crippen molar-refractivity contribution in [1.82, 2.24) is 9.55 Å². The molecule has 7 heteroatoms. The molecule has 140 valence electrons. The molecule has 1 aromatic carbocycles. The van der Waals surface area contributed by atoms with Gasteiger partial charge in [-0.25, -0.2) is 4.98 Å². The van der Waals surface area contributed by atoms with E-state index in [1.54, 1.807) is 24.4 Å². The molecule has 0 aliphatic carbocycles. The van der Waals surface area contributed by atoms with Crippen LogP contribution >= 0.6 is 23.2 Å². The van der Waals surface area contributed by atoms with Gasteiger partial charge in [-0.15, -0.1) is 0 Å². The zero-order chi connectivity index (χ0) is 20.3. The predicted molar refractivity (Wildman–Crippen MR) is 112 cm³/mol. The summed E-state index contributed by atoms with van der Waals surface area (Å²) in [5.74, 6) is 0.249. The van der Waals surface area contributed by atoms with Crippen molar-refractivity contribution in [2.75, 3.05) is 5.32 Å². The monoisotopic (exact) mass is 410 g/mol. The van der Waals surface area contributed by atoms with Crippen molar-refractivity contribution in [2.45, 2.75) is 13.8 Å². The Morgan fingerprint density at radius 1 is 1.18 bits per heavy atom. The number of nitrogens with one attached hydrogen (secondary N) is 1. The largest absolute Gasteiger partial charge is 0.321 e. The Kier molecular flexibility index (Phi) is 5.84. The van der Waals surface area contributed by atoms with Crippen LogP contribution < -0.4 is 5.32 Å². The number of halogens is 2.